The zero-order valence-electron chi connectivity index (χ0n) is 13.8. The second kappa shape index (κ2) is 6.83. The maximum absolute atomic E-state index is 12.4. The van der Waals surface area contributed by atoms with Gasteiger partial charge in [-0.3, -0.25) is 9.59 Å². The molecular formula is C17H22N2O4. The highest BCUT2D eigenvalue weighted by Crippen LogP contribution is 2.20. The number of Topliss-reactive ketones (excluding diaryl/α,β-unsaturated/α-hetero) is 1. The van der Waals surface area contributed by atoms with Crippen LogP contribution in [0.2, 0.25) is 0 Å². The fourth-order valence-electron chi connectivity index (χ4n) is 2.79. The van der Waals surface area contributed by atoms with Crippen LogP contribution in [0, 0.1) is 13.8 Å². The Bertz CT molecular complexity index is 701. The number of carbonyl (C=O) groups excluding carboxylic acids is 2. The van der Waals surface area contributed by atoms with E-state index in [1.165, 1.54) is 13.2 Å². The van der Waals surface area contributed by atoms with E-state index in [4.69, 9.17) is 4.42 Å². The average Bonchev–Trinajstić information content (AvgIpc) is 3.06. The Hall–Kier alpha value is -2.34. The molecule has 0 radical (unpaired) electrons. The smallest absolute Gasteiger partial charge is 0.268 e. The lowest BCUT2D eigenvalue weighted by Crippen LogP contribution is -2.34. The molecule has 0 bridgehead atoms. The zero-order chi connectivity index (χ0) is 17.1. The van der Waals surface area contributed by atoms with Gasteiger partial charge in [-0.1, -0.05) is 0 Å². The summed E-state index contributed by atoms with van der Waals surface area (Å²) in [5.74, 6) is 0.102. The van der Waals surface area contributed by atoms with Crippen LogP contribution in [0.15, 0.2) is 22.8 Å². The molecule has 6 nitrogen and oxygen atoms in total. The van der Waals surface area contributed by atoms with Crippen LogP contribution in [0.5, 0.6) is 0 Å². The van der Waals surface area contributed by atoms with Gasteiger partial charge in [0.05, 0.1) is 6.26 Å². The fraction of sp³-hybridized carbons (Fsp3) is 0.412. The molecule has 2 aromatic rings. The molecule has 3 N–H and O–H groups in total. The van der Waals surface area contributed by atoms with E-state index in [2.05, 4.69) is 10.3 Å². The summed E-state index contributed by atoms with van der Waals surface area (Å²) in [7, 11) is 0. The highest BCUT2D eigenvalue weighted by molar-refractivity contribution is 6.02. The minimum absolute atomic E-state index is 0.0726. The molecular weight excluding hydrogens is 296 g/mol. The van der Waals surface area contributed by atoms with E-state index in [1.54, 1.807) is 32.9 Å². The van der Waals surface area contributed by atoms with Crippen molar-refractivity contribution in [2.24, 2.45) is 0 Å². The Kier molecular flexibility index (Phi) is 5.05. The molecule has 2 rings (SSSR count). The average molecular weight is 318 g/mol. The summed E-state index contributed by atoms with van der Waals surface area (Å²) in [6.45, 7) is 6.80. The Morgan fingerprint density at radius 1 is 1.39 bits per heavy atom. The van der Waals surface area contributed by atoms with Gasteiger partial charge in [0, 0.05) is 23.7 Å². The van der Waals surface area contributed by atoms with Gasteiger partial charge in [-0.15, -0.1) is 0 Å². The van der Waals surface area contributed by atoms with Crippen LogP contribution in [0.4, 0.5) is 0 Å². The molecule has 23 heavy (non-hydrogen) atoms. The molecule has 0 aliphatic carbocycles. The van der Waals surface area contributed by atoms with Crippen LogP contribution >= 0.6 is 0 Å². The van der Waals surface area contributed by atoms with Gasteiger partial charge in [0.2, 0.25) is 0 Å². The van der Waals surface area contributed by atoms with E-state index in [-0.39, 0.29) is 17.7 Å². The molecule has 0 aliphatic rings. The number of furan rings is 1. The second-order valence-corrected chi connectivity index (χ2v) is 5.82. The van der Waals surface area contributed by atoms with E-state index >= 15 is 0 Å². The largest absolute Gasteiger partial charge is 0.467 e. The van der Waals surface area contributed by atoms with Crippen molar-refractivity contribution in [1.82, 2.24) is 10.3 Å². The highest BCUT2D eigenvalue weighted by atomic mass is 16.4. The highest BCUT2D eigenvalue weighted by Gasteiger charge is 2.22. The van der Waals surface area contributed by atoms with Crippen molar-refractivity contribution < 1.29 is 19.1 Å². The normalized spacial score (nSPS) is 13.6. The first kappa shape index (κ1) is 17.0. The first-order chi connectivity index (χ1) is 10.8. The predicted molar refractivity (Wildman–Crippen MR) is 85.5 cm³/mol. The number of hydrogen-bond donors (Lipinski definition) is 3. The molecule has 0 fully saturated rings. The number of H-pyrrole nitrogens is 1. The first-order valence-electron chi connectivity index (χ1n) is 7.53. The van der Waals surface area contributed by atoms with Gasteiger partial charge in [0.25, 0.3) is 5.91 Å². The minimum Gasteiger partial charge on any atom is -0.467 e. The van der Waals surface area contributed by atoms with E-state index < -0.39 is 6.10 Å². The number of aliphatic hydroxyl groups is 1. The summed E-state index contributed by atoms with van der Waals surface area (Å²) < 4.78 is 5.14. The SMILES string of the molecule is CC(=O)c1c(C)[nH]c(C(=O)NC(C)CC(O)c2ccco2)c1C. The molecule has 0 aliphatic heterocycles. The monoisotopic (exact) mass is 318 g/mol. The molecule has 6 heteroatoms. The summed E-state index contributed by atoms with van der Waals surface area (Å²) in [5.41, 5.74) is 2.26. The van der Waals surface area contributed by atoms with E-state index in [1.807, 2.05) is 0 Å². The van der Waals surface area contributed by atoms with Crippen LogP contribution < -0.4 is 5.32 Å². The molecule has 124 valence electrons. The van der Waals surface area contributed by atoms with E-state index in [0.29, 0.717) is 34.7 Å². The van der Waals surface area contributed by atoms with Crippen molar-refractivity contribution in [1.29, 1.82) is 0 Å². The molecule has 0 saturated heterocycles. The Balaban J connectivity index is 2.04. The number of nitrogens with one attached hydrogen (secondary N) is 2. The van der Waals surface area contributed by atoms with Gasteiger partial charge in [-0.25, -0.2) is 0 Å². The Morgan fingerprint density at radius 3 is 2.61 bits per heavy atom. The summed E-state index contributed by atoms with van der Waals surface area (Å²) >= 11 is 0. The molecule has 2 atom stereocenters. The van der Waals surface area contributed by atoms with Crippen molar-refractivity contribution in [3.63, 3.8) is 0 Å². The fourth-order valence-corrected chi connectivity index (χ4v) is 2.79. The predicted octanol–water partition coefficient (Wildman–Crippen LogP) is 2.67. The summed E-state index contributed by atoms with van der Waals surface area (Å²) in [4.78, 5) is 27.0. The number of ketones is 1. The number of hydrogen-bond acceptors (Lipinski definition) is 4. The Labute approximate surface area is 134 Å². The van der Waals surface area contributed by atoms with Crippen molar-refractivity contribution in [2.45, 2.75) is 46.3 Å². The zero-order valence-corrected chi connectivity index (χ0v) is 13.8. The van der Waals surface area contributed by atoms with Crippen molar-refractivity contribution in [3.05, 3.63) is 46.7 Å². The van der Waals surface area contributed by atoms with Gasteiger partial charge in [0.1, 0.15) is 17.6 Å². The minimum atomic E-state index is -0.778. The molecule has 0 aromatic carbocycles. The summed E-state index contributed by atoms with van der Waals surface area (Å²) in [5, 5.41) is 12.9. The molecule has 0 saturated carbocycles. The molecule has 2 aromatic heterocycles. The molecule has 2 unspecified atom stereocenters. The maximum Gasteiger partial charge on any atom is 0.268 e. The maximum atomic E-state index is 12.4. The number of aryl methyl sites for hydroxylation is 1. The Morgan fingerprint density at radius 2 is 2.09 bits per heavy atom. The topological polar surface area (TPSA) is 95.3 Å². The van der Waals surface area contributed by atoms with Crippen LogP contribution in [0.25, 0.3) is 0 Å². The summed E-state index contributed by atoms with van der Waals surface area (Å²) in [6.07, 6.45) is 1.05. The van der Waals surface area contributed by atoms with Gasteiger partial charge < -0.3 is 19.8 Å². The van der Waals surface area contributed by atoms with Crippen molar-refractivity contribution >= 4 is 11.7 Å². The first-order valence-corrected chi connectivity index (χ1v) is 7.53. The van der Waals surface area contributed by atoms with Crippen LogP contribution in [0.3, 0.4) is 0 Å². The second-order valence-electron chi connectivity index (χ2n) is 5.82. The van der Waals surface area contributed by atoms with Gasteiger partial charge in [-0.2, -0.15) is 0 Å². The van der Waals surface area contributed by atoms with Gasteiger partial charge in [-0.05, 0) is 45.4 Å². The summed E-state index contributed by atoms with van der Waals surface area (Å²) in [6, 6.07) is 3.14. The lowest BCUT2D eigenvalue weighted by Gasteiger charge is -2.16. The molecule has 0 spiro atoms. The molecule has 2 heterocycles. The van der Waals surface area contributed by atoms with Crippen molar-refractivity contribution in [3.8, 4) is 0 Å². The standard InChI is InChI=1S/C17H22N2O4/c1-9(8-13(21)14-6-5-7-23-14)18-17(22)16-10(2)15(12(4)20)11(3)19-16/h5-7,9,13,19,21H,8H2,1-4H3,(H,18,22). The third kappa shape index (κ3) is 3.71. The lowest BCUT2D eigenvalue weighted by atomic mass is 10.1. The van der Waals surface area contributed by atoms with E-state index in [0.717, 1.165) is 0 Å². The van der Waals surface area contributed by atoms with Gasteiger partial charge >= 0.3 is 0 Å². The lowest BCUT2D eigenvalue weighted by molar-refractivity contribution is 0.0898. The number of aromatic nitrogens is 1. The third-order valence-electron chi connectivity index (χ3n) is 3.84. The van der Waals surface area contributed by atoms with Crippen molar-refractivity contribution in [2.75, 3.05) is 0 Å². The molecule has 1 amide bonds. The quantitative estimate of drug-likeness (QED) is 0.714. The number of aromatic amines is 1. The van der Waals surface area contributed by atoms with E-state index in [9.17, 15) is 14.7 Å². The van der Waals surface area contributed by atoms with Crippen LogP contribution in [-0.2, 0) is 0 Å². The number of amides is 1. The third-order valence-corrected chi connectivity index (χ3v) is 3.84. The number of carbonyl (C=O) groups is 2. The van der Waals surface area contributed by atoms with Gasteiger partial charge in [0.15, 0.2) is 5.78 Å². The number of rotatable bonds is 6. The van der Waals surface area contributed by atoms with Crippen LogP contribution in [0.1, 0.15) is 64.2 Å². The van der Waals surface area contributed by atoms with Crippen LogP contribution in [-0.4, -0.2) is 27.8 Å². The number of aliphatic hydroxyl groups excluding tert-OH is 1.